The van der Waals surface area contributed by atoms with Crippen molar-refractivity contribution in [1.29, 1.82) is 5.53 Å². The summed E-state index contributed by atoms with van der Waals surface area (Å²) in [5, 5.41) is 17.2. The molecule has 4 N–H and O–H groups in total. The van der Waals surface area contributed by atoms with Crippen molar-refractivity contribution in [1.82, 2.24) is 0 Å². The van der Waals surface area contributed by atoms with E-state index in [2.05, 4.69) is 10.2 Å². The van der Waals surface area contributed by atoms with Crippen LogP contribution < -0.4 is 23.9 Å². The van der Waals surface area contributed by atoms with Crippen LogP contribution in [0.25, 0.3) is 22.9 Å². The molecule has 0 radical (unpaired) electrons. The zero-order valence-corrected chi connectivity index (χ0v) is 29.9. The van der Waals surface area contributed by atoms with Gasteiger partial charge in [0.25, 0.3) is 20.0 Å². The molecule has 5 rings (SSSR count). The summed E-state index contributed by atoms with van der Waals surface area (Å²) < 4.78 is 83.5. The third-order valence-corrected chi connectivity index (χ3v) is 11.5. The van der Waals surface area contributed by atoms with Gasteiger partial charge in [0, 0.05) is 16.3 Å². The number of halogens is 1. The summed E-state index contributed by atoms with van der Waals surface area (Å²) in [7, 11) is -6.30. The highest BCUT2D eigenvalue weighted by Crippen LogP contribution is 2.42. The van der Waals surface area contributed by atoms with Crippen molar-refractivity contribution in [2.75, 3.05) is 35.9 Å². The number of carbonyl (C=O) groups is 1. The Morgan fingerprint density at radius 2 is 1.32 bits per heavy atom. The van der Waals surface area contributed by atoms with E-state index >= 15 is 0 Å². The number of nitrogens with one attached hydrogen (secondary N) is 1. The number of anilines is 2. The van der Waals surface area contributed by atoms with Crippen LogP contribution in [0.5, 0.6) is 11.5 Å². The van der Waals surface area contributed by atoms with Gasteiger partial charge in [-0.3, -0.25) is 13.4 Å². The van der Waals surface area contributed by atoms with Crippen LogP contribution in [0.3, 0.4) is 0 Å². The minimum absolute atomic E-state index is 0.0131. The van der Waals surface area contributed by atoms with Crippen molar-refractivity contribution in [3.05, 3.63) is 120 Å². The minimum atomic E-state index is -4.62. The van der Waals surface area contributed by atoms with E-state index < -0.39 is 44.9 Å². The summed E-state index contributed by atoms with van der Waals surface area (Å²) in [5.41, 5.74) is 8.03. The Hall–Kier alpha value is -6.33. The van der Waals surface area contributed by atoms with E-state index in [1.54, 1.807) is 12.1 Å². The number of carboxylic acids is 1. The molecule has 0 saturated heterocycles. The molecule has 0 fully saturated rings. The van der Waals surface area contributed by atoms with E-state index in [-0.39, 0.29) is 43.3 Å². The number of methoxy groups -OCH3 is 2. The summed E-state index contributed by atoms with van der Waals surface area (Å²) in [4.78, 5) is 12.0. The molecule has 0 saturated carbocycles. The number of nitrogens with two attached hydrogens (primary N) is 1. The van der Waals surface area contributed by atoms with Gasteiger partial charge in [-0.05, 0) is 72.3 Å². The van der Waals surface area contributed by atoms with Crippen molar-refractivity contribution in [2.45, 2.75) is 9.79 Å². The Morgan fingerprint density at radius 1 is 0.792 bits per heavy atom. The first-order valence-corrected chi connectivity index (χ1v) is 18.4. The van der Waals surface area contributed by atoms with E-state index in [0.717, 1.165) is 8.61 Å². The van der Waals surface area contributed by atoms with Gasteiger partial charge in [-0.1, -0.05) is 48.6 Å². The zero-order chi connectivity index (χ0) is 38.3. The smallest absolute Gasteiger partial charge is 0.324 e. The SMILES string of the molecule is COc1ccc(S(=O)(=O)N(C/C(N=N)=N/N)c2cc(/C=C\c3ccc(F)cc3)c(N(CC(=O)O)S(=O)(=O)c3ccc(OC)cc3)c3ccccc23)cc1. The number of fused-ring (bicyclic) bond motifs is 1. The van der Waals surface area contributed by atoms with Crippen LogP contribution in [-0.2, 0) is 24.8 Å². The second kappa shape index (κ2) is 15.9. The Balaban J connectivity index is 1.87. The fraction of sp³-hybridized carbons (Fsp3) is 0.111. The number of hydrogen-bond acceptors (Lipinski definition) is 10. The van der Waals surface area contributed by atoms with E-state index in [9.17, 15) is 31.1 Å². The molecule has 0 atom stereocenters. The molecule has 274 valence electrons. The number of hydrazone groups is 1. The van der Waals surface area contributed by atoms with Crippen LogP contribution >= 0.6 is 0 Å². The Labute approximate surface area is 304 Å². The summed E-state index contributed by atoms with van der Waals surface area (Å²) in [6.07, 6.45) is 2.99. The number of sulfonamides is 2. The number of nitrogens with zero attached hydrogens (tertiary/aromatic N) is 4. The third kappa shape index (κ3) is 8.10. The van der Waals surface area contributed by atoms with Crippen LogP contribution in [0.4, 0.5) is 15.8 Å². The summed E-state index contributed by atoms with van der Waals surface area (Å²) in [6.45, 7) is -1.65. The van der Waals surface area contributed by atoms with Gasteiger partial charge in [-0.25, -0.2) is 26.8 Å². The van der Waals surface area contributed by atoms with Gasteiger partial charge in [-0.15, -0.1) is 5.11 Å². The lowest BCUT2D eigenvalue weighted by molar-refractivity contribution is -0.135. The average molecular weight is 761 g/mol. The summed E-state index contributed by atoms with van der Waals surface area (Å²) in [6, 6.07) is 23.9. The highest BCUT2D eigenvalue weighted by molar-refractivity contribution is 7.93. The predicted molar refractivity (Wildman–Crippen MR) is 199 cm³/mol. The molecule has 0 spiro atoms. The number of carboxylic acid groups (broad SMARTS) is 1. The number of rotatable bonds is 14. The van der Waals surface area contributed by atoms with Gasteiger partial charge in [0.15, 0.2) is 5.84 Å². The molecule has 17 heteroatoms. The van der Waals surface area contributed by atoms with Gasteiger partial charge in [-0.2, -0.15) is 5.10 Å². The first kappa shape index (κ1) is 37.9. The Kier molecular flexibility index (Phi) is 11.4. The van der Waals surface area contributed by atoms with Gasteiger partial charge < -0.3 is 20.4 Å². The van der Waals surface area contributed by atoms with E-state index in [0.29, 0.717) is 17.1 Å². The number of benzene rings is 5. The van der Waals surface area contributed by atoms with Crippen molar-refractivity contribution >= 4 is 66.2 Å². The first-order chi connectivity index (χ1) is 25.3. The van der Waals surface area contributed by atoms with E-state index in [4.69, 9.17) is 20.8 Å². The fourth-order valence-corrected chi connectivity index (χ4v) is 8.31. The van der Waals surface area contributed by atoms with E-state index in [1.165, 1.54) is 117 Å². The second-order valence-corrected chi connectivity index (χ2v) is 14.9. The normalized spacial score (nSPS) is 12.1. The van der Waals surface area contributed by atoms with Gasteiger partial charge in [0.05, 0.1) is 41.9 Å². The molecule has 0 aromatic heterocycles. The third-order valence-electron chi connectivity index (χ3n) is 8.00. The maximum absolute atomic E-state index is 14.5. The van der Waals surface area contributed by atoms with Crippen molar-refractivity contribution in [2.24, 2.45) is 16.1 Å². The predicted octanol–water partition coefficient (Wildman–Crippen LogP) is 5.94. The second-order valence-electron chi connectivity index (χ2n) is 11.2. The molecule has 5 aromatic rings. The highest BCUT2D eigenvalue weighted by atomic mass is 32.2. The van der Waals surface area contributed by atoms with Crippen LogP contribution in [0.2, 0.25) is 0 Å². The molecule has 53 heavy (non-hydrogen) atoms. The molecule has 14 nitrogen and oxygen atoms in total. The van der Waals surface area contributed by atoms with Gasteiger partial charge >= 0.3 is 5.97 Å². The lowest BCUT2D eigenvalue weighted by Crippen LogP contribution is -2.37. The van der Waals surface area contributed by atoms with Gasteiger partial charge in [0.1, 0.15) is 23.9 Å². The average Bonchev–Trinajstić information content (AvgIpc) is 3.17. The summed E-state index contributed by atoms with van der Waals surface area (Å²) in [5.74, 6) is 3.90. The Bertz CT molecular complexity index is 2420. The summed E-state index contributed by atoms with van der Waals surface area (Å²) >= 11 is 0. The maximum atomic E-state index is 14.5. The molecule has 0 aliphatic carbocycles. The lowest BCUT2D eigenvalue weighted by Gasteiger charge is -2.30. The van der Waals surface area contributed by atoms with Crippen LogP contribution in [0, 0.1) is 11.3 Å². The standard InChI is InChI=1S/C36H33FN6O8S2/c1-50-27-13-17-29(18-14-27)52(46,47)42(22-34(40-38)41-39)33-21-25(10-7-24-8-11-26(37)12-9-24)36(32-6-4-3-5-31(32)33)43(23-35(44)45)53(48,49)30-19-15-28(51-2)16-20-30/h3-21,38H,22-23,39H2,1-2H3,(H,44,45)/b10-7-,40-38?,41-34-. The van der Waals surface area contributed by atoms with Crippen molar-refractivity contribution in [3.8, 4) is 11.5 Å². The topological polar surface area (TPSA) is 205 Å². The van der Waals surface area contributed by atoms with Crippen LogP contribution in [-0.4, -0.2) is 61.1 Å². The largest absolute Gasteiger partial charge is 0.497 e. The maximum Gasteiger partial charge on any atom is 0.324 e. The Morgan fingerprint density at radius 3 is 1.81 bits per heavy atom. The number of hydrogen-bond donors (Lipinski definition) is 3. The molecular formula is C36H33FN6O8S2. The molecule has 5 aromatic carbocycles. The van der Waals surface area contributed by atoms with E-state index in [1.807, 2.05) is 0 Å². The first-order valence-electron chi connectivity index (χ1n) is 15.5. The zero-order valence-electron chi connectivity index (χ0n) is 28.2. The van der Waals surface area contributed by atoms with Crippen LogP contribution in [0.15, 0.2) is 123 Å². The lowest BCUT2D eigenvalue weighted by atomic mass is 10.00. The van der Waals surface area contributed by atoms with Crippen molar-refractivity contribution < 1.29 is 40.6 Å². The highest BCUT2D eigenvalue weighted by Gasteiger charge is 2.34. The minimum Gasteiger partial charge on any atom is -0.497 e. The van der Waals surface area contributed by atoms with Crippen LogP contribution in [0.1, 0.15) is 11.1 Å². The molecule has 0 amide bonds. The molecule has 0 heterocycles. The molecule has 0 bridgehead atoms. The number of aliphatic carboxylic acids is 1. The monoisotopic (exact) mass is 760 g/mol. The fourth-order valence-electron chi connectivity index (χ4n) is 5.42. The molecule has 0 unspecified atom stereocenters. The molecule has 0 aliphatic heterocycles. The molecule has 0 aliphatic rings. The molecular weight excluding hydrogens is 728 g/mol. The van der Waals surface area contributed by atoms with Gasteiger partial charge in [0.2, 0.25) is 0 Å². The quantitative estimate of drug-likeness (QED) is 0.0305. The number of amidine groups is 1. The van der Waals surface area contributed by atoms with Crippen molar-refractivity contribution in [3.63, 3.8) is 0 Å². The number of ether oxygens (including phenoxy) is 2.